The van der Waals surface area contributed by atoms with Gasteiger partial charge in [-0.3, -0.25) is 15.1 Å². The molecule has 1 N–H and O–H groups in total. The summed E-state index contributed by atoms with van der Waals surface area (Å²) in [5, 5.41) is 13.9. The summed E-state index contributed by atoms with van der Waals surface area (Å²) < 4.78 is 0.797. The van der Waals surface area contributed by atoms with Crippen molar-refractivity contribution in [1.29, 1.82) is 0 Å². The molecule has 0 saturated heterocycles. The number of nitro groups is 1. The third-order valence-corrected chi connectivity index (χ3v) is 2.88. The van der Waals surface area contributed by atoms with E-state index in [1.807, 2.05) is 12.1 Å². The van der Waals surface area contributed by atoms with E-state index in [0.717, 1.165) is 10.0 Å². The fourth-order valence-electron chi connectivity index (χ4n) is 1.51. The Labute approximate surface area is 112 Å². The van der Waals surface area contributed by atoms with E-state index in [0.29, 0.717) is 12.2 Å². The molecule has 1 aromatic carbocycles. The highest BCUT2D eigenvalue weighted by Crippen LogP contribution is 2.28. The molecular weight excluding hydrogens is 298 g/mol. The molecule has 18 heavy (non-hydrogen) atoms. The van der Waals surface area contributed by atoms with Gasteiger partial charge in [0.05, 0.1) is 4.92 Å². The second kappa shape index (κ2) is 5.59. The van der Waals surface area contributed by atoms with Crippen molar-refractivity contribution in [2.75, 3.05) is 5.32 Å². The Kier molecular flexibility index (Phi) is 3.88. The van der Waals surface area contributed by atoms with Crippen molar-refractivity contribution in [3.8, 4) is 0 Å². The largest absolute Gasteiger partial charge is 0.375 e. The molecule has 0 amide bonds. The SMILES string of the molecule is O=[N+]([O-])c1ccc(Br)cc1NCc1ccncc1. The van der Waals surface area contributed by atoms with E-state index in [2.05, 4.69) is 26.2 Å². The minimum atomic E-state index is -0.401. The van der Waals surface area contributed by atoms with Crippen LogP contribution in [0.25, 0.3) is 0 Å². The van der Waals surface area contributed by atoms with Gasteiger partial charge in [0.25, 0.3) is 5.69 Å². The van der Waals surface area contributed by atoms with Gasteiger partial charge in [-0.25, -0.2) is 0 Å². The molecule has 0 bridgehead atoms. The summed E-state index contributed by atoms with van der Waals surface area (Å²) in [6.45, 7) is 0.514. The molecule has 6 heteroatoms. The van der Waals surface area contributed by atoms with Gasteiger partial charge in [0.2, 0.25) is 0 Å². The van der Waals surface area contributed by atoms with E-state index >= 15 is 0 Å². The third kappa shape index (κ3) is 3.04. The maximum absolute atomic E-state index is 10.9. The van der Waals surface area contributed by atoms with Gasteiger partial charge in [-0.2, -0.15) is 0 Å². The van der Waals surface area contributed by atoms with Crippen molar-refractivity contribution in [2.45, 2.75) is 6.54 Å². The first-order chi connectivity index (χ1) is 8.66. The Hall–Kier alpha value is -1.95. The molecule has 0 aliphatic rings. The lowest BCUT2D eigenvalue weighted by Gasteiger charge is -2.07. The quantitative estimate of drug-likeness (QED) is 0.694. The summed E-state index contributed by atoms with van der Waals surface area (Å²) in [6.07, 6.45) is 3.37. The third-order valence-electron chi connectivity index (χ3n) is 2.39. The topological polar surface area (TPSA) is 68.1 Å². The molecule has 0 spiro atoms. The van der Waals surface area contributed by atoms with E-state index in [1.165, 1.54) is 6.07 Å². The van der Waals surface area contributed by atoms with E-state index in [4.69, 9.17) is 0 Å². The van der Waals surface area contributed by atoms with Crippen molar-refractivity contribution in [3.63, 3.8) is 0 Å². The number of benzene rings is 1. The van der Waals surface area contributed by atoms with Gasteiger partial charge >= 0.3 is 0 Å². The minimum Gasteiger partial charge on any atom is -0.375 e. The number of nitrogens with one attached hydrogen (secondary N) is 1. The molecule has 0 radical (unpaired) electrons. The highest BCUT2D eigenvalue weighted by Gasteiger charge is 2.13. The maximum atomic E-state index is 10.9. The number of halogens is 1. The lowest BCUT2D eigenvalue weighted by molar-refractivity contribution is -0.384. The zero-order valence-corrected chi connectivity index (χ0v) is 10.9. The Morgan fingerprint density at radius 1 is 1.28 bits per heavy atom. The van der Waals surface area contributed by atoms with Gasteiger partial charge in [-0.05, 0) is 29.8 Å². The van der Waals surface area contributed by atoms with Crippen LogP contribution in [-0.4, -0.2) is 9.91 Å². The molecule has 0 atom stereocenters. The van der Waals surface area contributed by atoms with Gasteiger partial charge in [0, 0.05) is 29.5 Å². The van der Waals surface area contributed by atoms with Gasteiger partial charge in [0.1, 0.15) is 5.69 Å². The lowest BCUT2D eigenvalue weighted by Crippen LogP contribution is -2.02. The Bertz CT molecular complexity index is 561. The number of aromatic nitrogens is 1. The van der Waals surface area contributed by atoms with Crippen LogP contribution in [0.3, 0.4) is 0 Å². The molecule has 2 aromatic rings. The Morgan fingerprint density at radius 2 is 2.00 bits per heavy atom. The summed E-state index contributed by atoms with van der Waals surface area (Å²) in [7, 11) is 0. The Balaban J connectivity index is 2.18. The van der Waals surface area contributed by atoms with E-state index in [1.54, 1.807) is 24.5 Å². The van der Waals surface area contributed by atoms with Crippen molar-refractivity contribution in [2.24, 2.45) is 0 Å². The number of pyridine rings is 1. The van der Waals surface area contributed by atoms with Gasteiger partial charge < -0.3 is 5.32 Å². The summed E-state index contributed by atoms with van der Waals surface area (Å²) in [5.41, 5.74) is 1.57. The molecule has 0 saturated carbocycles. The van der Waals surface area contributed by atoms with Crippen LogP contribution < -0.4 is 5.32 Å². The zero-order valence-electron chi connectivity index (χ0n) is 9.34. The molecule has 0 aliphatic carbocycles. The summed E-state index contributed by atoms with van der Waals surface area (Å²) >= 11 is 3.30. The summed E-state index contributed by atoms with van der Waals surface area (Å²) in [5.74, 6) is 0. The number of nitro benzene ring substituents is 1. The fourth-order valence-corrected chi connectivity index (χ4v) is 1.87. The summed E-state index contributed by atoms with van der Waals surface area (Å²) in [6, 6.07) is 8.53. The van der Waals surface area contributed by atoms with E-state index in [9.17, 15) is 10.1 Å². The van der Waals surface area contributed by atoms with E-state index in [-0.39, 0.29) is 5.69 Å². The normalized spacial score (nSPS) is 10.1. The highest BCUT2D eigenvalue weighted by molar-refractivity contribution is 9.10. The number of hydrogen-bond acceptors (Lipinski definition) is 4. The van der Waals surface area contributed by atoms with Gasteiger partial charge in [0.15, 0.2) is 0 Å². The minimum absolute atomic E-state index is 0.0623. The zero-order chi connectivity index (χ0) is 13.0. The van der Waals surface area contributed by atoms with Crippen molar-refractivity contribution >= 4 is 27.3 Å². The number of hydrogen-bond donors (Lipinski definition) is 1. The smallest absolute Gasteiger partial charge is 0.292 e. The molecule has 2 rings (SSSR count). The van der Waals surface area contributed by atoms with Crippen LogP contribution in [0.5, 0.6) is 0 Å². The Morgan fingerprint density at radius 3 is 2.67 bits per heavy atom. The van der Waals surface area contributed by atoms with Crippen LogP contribution in [0.15, 0.2) is 47.2 Å². The van der Waals surface area contributed by atoms with Crippen LogP contribution in [0, 0.1) is 10.1 Å². The fraction of sp³-hybridized carbons (Fsp3) is 0.0833. The molecule has 0 fully saturated rings. The first kappa shape index (κ1) is 12.5. The van der Waals surface area contributed by atoms with Crippen molar-refractivity contribution < 1.29 is 4.92 Å². The molecule has 5 nitrogen and oxygen atoms in total. The summed E-state index contributed by atoms with van der Waals surface area (Å²) in [4.78, 5) is 14.4. The van der Waals surface area contributed by atoms with Crippen molar-refractivity contribution in [1.82, 2.24) is 4.98 Å². The molecule has 1 heterocycles. The van der Waals surface area contributed by atoms with Crippen LogP contribution in [0.4, 0.5) is 11.4 Å². The van der Waals surface area contributed by atoms with Crippen LogP contribution >= 0.6 is 15.9 Å². The van der Waals surface area contributed by atoms with E-state index < -0.39 is 4.92 Å². The number of rotatable bonds is 4. The average Bonchev–Trinajstić information content (AvgIpc) is 2.37. The second-order valence-corrected chi connectivity index (χ2v) is 4.54. The average molecular weight is 308 g/mol. The van der Waals surface area contributed by atoms with Crippen LogP contribution in [-0.2, 0) is 6.54 Å². The highest BCUT2D eigenvalue weighted by atomic mass is 79.9. The maximum Gasteiger partial charge on any atom is 0.292 e. The lowest BCUT2D eigenvalue weighted by atomic mass is 10.2. The monoisotopic (exact) mass is 307 g/mol. The standard InChI is InChI=1S/C12H10BrN3O2/c13-10-1-2-12(16(17)18)11(7-10)15-8-9-3-5-14-6-4-9/h1-7,15H,8H2. The first-order valence-corrected chi connectivity index (χ1v) is 6.03. The van der Waals surface area contributed by atoms with Gasteiger partial charge in [-0.1, -0.05) is 15.9 Å². The van der Waals surface area contributed by atoms with Gasteiger partial charge in [-0.15, -0.1) is 0 Å². The van der Waals surface area contributed by atoms with Crippen LogP contribution in [0.2, 0.25) is 0 Å². The molecule has 0 aliphatic heterocycles. The second-order valence-electron chi connectivity index (χ2n) is 3.63. The predicted octanol–water partition coefficient (Wildman–Crippen LogP) is 3.36. The molecule has 92 valence electrons. The first-order valence-electron chi connectivity index (χ1n) is 5.23. The predicted molar refractivity (Wildman–Crippen MR) is 72.4 cm³/mol. The number of nitrogens with zero attached hydrogens (tertiary/aromatic N) is 2. The molecular formula is C12H10BrN3O2. The molecule has 1 aromatic heterocycles. The van der Waals surface area contributed by atoms with Crippen LogP contribution in [0.1, 0.15) is 5.56 Å². The number of anilines is 1. The van der Waals surface area contributed by atoms with Crippen molar-refractivity contribution in [3.05, 3.63) is 62.9 Å². The molecule has 0 unspecified atom stereocenters.